The molecule has 710 valence electrons. The molecule has 4 amide bonds. The Morgan fingerprint density at radius 3 is 1.11 bits per heavy atom. The third-order valence-electron chi connectivity index (χ3n) is 26.3. The van der Waals surface area contributed by atoms with Gasteiger partial charge in [-0.3, -0.25) is 48.9 Å². The van der Waals surface area contributed by atoms with Crippen LogP contribution in [-0.2, 0) is 112 Å². The zero-order chi connectivity index (χ0) is 95.1. The number of carbonyl (C=O) groups excluding carboxylic acids is 4. The van der Waals surface area contributed by atoms with Crippen LogP contribution in [0, 0.1) is 13.8 Å². The molecule has 0 aliphatic carbocycles. The van der Waals surface area contributed by atoms with Gasteiger partial charge in [0.1, 0.15) is 37.9 Å². The summed E-state index contributed by atoms with van der Waals surface area (Å²) in [5.41, 5.74) is 20.1. The fraction of sp³-hybridized carbons (Fsp3) is 0.380. The first-order valence-corrected chi connectivity index (χ1v) is 52.0. The Morgan fingerprint density at radius 2 is 0.728 bits per heavy atom. The van der Waals surface area contributed by atoms with Crippen molar-refractivity contribution in [3.05, 3.63) is 260 Å². The minimum absolute atomic E-state index is 0.00337. The van der Waals surface area contributed by atoms with Gasteiger partial charge in [-0.25, -0.2) is 0 Å². The van der Waals surface area contributed by atoms with E-state index in [4.69, 9.17) is 84.7 Å². The Labute approximate surface area is 811 Å². The van der Waals surface area contributed by atoms with E-state index in [1.807, 2.05) is 155 Å². The Balaban J connectivity index is 0.000000189. The topological polar surface area (TPSA) is 229 Å². The van der Waals surface area contributed by atoms with Crippen molar-refractivity contribution in [1.82, 2.24) is 0 Å². The van der Waals surface area contributed by atoms with Crippen molar-refractivity contribution in [2.75, 3.05) is 147 Å². The molecule has 0 fully saturated rings. The van der Waals surface area contributed by atoms with Crippen LogP contribution in [0.3, 0.4) is 0 Å². The van der Waals surface area contributed by atoms with Crippen molar-refractivity contribution in [3.63, 3.8) is 0 Å². The van der Waals surface area contributed by atoms with Gasteiger partial charge in [0.15, 0.2) is 23.0 Å². The number of para-hydroxylation sites is 4. The highest BCUT2D eigenvalue weighted by Crippen LogP contribution is 2.47. The molecule has 28 heteroatoms. The summed E-state index contributed by atoms with van der Waals surface area (Å²) in [7, 11) is 2.58. The number of nitrogens with one attached hydrogen (secondary N) is 1. The number of benzene rings is 10. The summed E-state index contributed by atoms with van der Waals surface area (Å²) in [6.07, 6.45) is 14.7. The molecule has 10 aromatic carbocycles. The lowest BCUT2D eigenvalue weighted by Gasteiger charge is -2.35. The number of hydrogen-bond donors (Lipinski definition) is 1. The lowest BCUT2D eigenvalue weighted by molar-refractivity contribution is 0.0505. The zero-order valence-corrected chi connectivity index (χ0v) is 82.8. The SMILES string of the molecule is CCCOCCOCCN(CC(C)(C)S(C)=S)c1cc(COc2cc3c(cc2C)C(=O)N2c4ccccc4C[C@H]2C=N3)cc(COc2cc3c(cc2OC)C(=O)N2c4ccccc4C[C@H]2C=N3)c1.CCCOCCOCCN(CC(C)(C)S(C)=S)c1cc(COc2cc3c(cc2C)C(=O)N2c4ccccc4C[C@H]2C=N3)cc(COc2cc3c(cc2OC)C(=O)N2c4ccccc4C[C@H]2CN3)c1. The fourth-order valence-corrected chi connectivity index (χ4v) is 19.8. The van der Waals surface area contributed by atoms with Crippen LogP contribution in [0.2, 0.25) is 0 Å². The van der Waals surface area contributed by atoms with Gasteiger partial charge in [0.25, 0.3) is 23.6 Å². The van der Waals surface area contributed by atoms with Gasteiger partial charge in [-0.1, -0.05) is 109 Å². The van der Waals surface area contributed by atoms with E-state index < -0.39 is 0 Å². The number of amides is 4. The highest BCUT2D eigenvalue weighted by atomic mass is 32.8. The van der Waals surface area contributed by atoms with Crippen molar-refractivity contribution < 1.29 is 66.5 Å². The third kappa shape index (κ3) is 21.1. The van der Waals surface area contributed by atoms with E-state index in [9.17, 15) is 19.2 Å². The number of hydrogen-bond acceptors (Lipinski definition) is 22. The maximum Gasteiger partial charge on any atom is 0.261 e. The first kappa shape index (κ1) is 96.0. The van der Waals surface area contributed by atoms with Crippen LogP contribution in [0.4, 0.5) is 56.9 Å². The van der Waals surface area contributed by atoms with Gasteiger partial charge >= 0.3 is 0 Å². The second kappa shape index (κ2) is 42.5. The molecule has 0 saturated carbocycles. The maximum atomic E-state index is 14.2. The van der Waals surface area contributed by atoms with Gasteiger partial charge in [0, 0.05) is 152 Å². The van der Waals surface area contributed by atoms with Crippen molar-refractivity contribution in [3.8, 4) is 34.5 Å². The van der Waals surface area contributed by atoms with Crippen LogP contribution < -0.4 is 63.1 Å². The van der Waals surface area contributed by atoms with E-state index in [0.29, 0.717) is 172 Å². The van der Waals surface area contributed by atoms with Gasteiger partial charge < -0.3 is 67.4 Å². The number of aliphatic imine (C=N–C) groups is 3. The Morgan fingerprint density at radius 1 is 0.397 bits per heavy atom. The molecule has 0 spiro atoms. The largest absolute Gasteiger partial charge is 0.493 e. The Hall–Kier alpha value is -11.7. The average molecular weight is 1910 g/mol. The lowest BCUT2D eigenvalue weighted by atomic mass is 10.1. The van der Waals surface area contributed by atoms with Crippen LogP contribution in [0.15, 0.2) is 197 Å². The second-order valence-corrected chi connectivity index (χ2v) is 43.9. The van der Waals surface area contributed by atoms with Gasteiger partial charge in [-0.05, 0) is 214 Å². The molecular weight excluding hydrogens is 1790 g/mol. The first-order chi connectivity index (χ1) is 65.8. The van der Waals surface area contributed by atoms with Crippen molar-refractivity contribution in [2.24, 2.45) is 15.0 Å². The van der Waals surface area contributed by atoms with Gasteiger partial charge in [0.2, 0.25) is 0 Å². The summed E-state index contributed by atoms with van der Waals surface area (Å²) in [6.45, 7) is 25.7. The van der Waals surface area contributed by atoms with E-state index >= 15 is 0 Å². The predicted octanol–water partition coefficient (Wildman–Crippen LogP) is 18.7. The summed E-state index contributed by atoms with van der Waals surface area (Å²) >= 11 is 11.8. The minimum atomic E-state index is -0.301. The molecule has 0 aromatic heterocycles. The number of methoxy groups -OCH3 is 2. The number of carbonyl (C=O) groups is 4. The molecule has 136 heavy (non-hydrogen) atoms. The molecule has 0 radical (unpaired) electrons. The number of nitrogens with zero attached hydrogens (tertiary/aromatic N) is 9. The summed E-state index contributed by atoms with van der Waals surface area (Å²) in [6, 6.07) is 59.3. The molecule has 24 nitrogen and oxygen atoms in total. The summed E-state index contributed by atoms with van der Waals surface area (Å²) < 4.78 is 61.5. The summed E-state index contributed by atoms with van der Waals surface area (Å²) in [5.74, 6) is 2.88. The molecular formula is C108H120N10O14S4. The molecule has 0 saturated heterocycles. The number of fused-ring (bicyclic) bond motifs is 16. The summed E-state index contributed by atoms with van der Waals surface area (Å²) in [5, 5.41) is 3.55. The van der Waals surface area contributed by atoms with Gasteiger partial charge in [-0.2, -0.15) is 0 Å². The normalized spacial score (nSPS) is 17.1. The van der Waals surface area contributed by atoms with E-state index in [2.05, 4.69) is 130 Å². The van der Waals surface area contributed by atoms with Crippen LogP contribution in [0.5, 0.6) is 34.5 Å². The predicted molar refractivity (Wildman–Crippen MR) is 552 cm³/mol. The molecule has 8 heterocycles. The molecule has 10 aromatic rings. The number of rotatable bonds is 38. The fourth-order valence-electron chi connectivity index (χ4n) is 18.8. The quantitative estimate of drug-likeness (QED) is 0.0355. The van der Waals surface area contributed by atoms with Crippen LogP contribution in [0.25, 0.3) is 0 Å². The smallest absolute Gasteiger partial charge is 0.261 e. The third-order valence-corrected chi connectivity index (χ3v) is 32.4. The molecule has 1 N–H and O–H groups in total. The number of ether oxygens (including phenoxy) is 10. The van der Waals surface area contributed by atoms with Crippen molar-refractivity contribution in [1.29, 1.82) is 0 Å². The number of anilines is 7. The highest BCUT2D eigenvalue weighted by Gasteiger charge is 2.42. The minimum Gasteiger partial charge on any atom is -0.493 e. The van der Waals surface area contributed by atoms with Crippen LogP contribution >= 0.6 is 0 Å². The first-order valence-electron chi connectivity index (χ1n) is 46.8. The van der Waals surface area contributed by atoms with Crippen LogP contribution in [0.1, 0.15) is 151 Å². The van der Waals surface area contributed by atoms with E-state index in [-0.39, 0.29) is 103 Å². The molecule has 8 aliphatic heterocycles. The van der Waals surface area contributed by atoms with E-state index in [1.165, 1.54) is 5.56 Å². The van der Waals surface area contributed by atoms with E-state index in [0.717, 1.165) is 116 Å². The van der Waals surface area contributed by atoms with E-state index in [1.54, 1.807) is 32.4 Å². The maximum absolute atomic E-state index is 14.2. The summed E-state index contributed by atoms with van der Waals surface area (Å²) in [4.78, 5) is 83.1. The Bertz CT molecular complexity index is 6320. The zero-order valence-electron chi connectivity index (χ0n) is 79.5. The lowest BCUT2D eigenvalue weighted by Crippen LogP contribution is -2.43. The molecule has 6 atom stereocenters. The second-order valence-electron chi connectivity index (χ2n) is 36.8. The Kier molecular flexibility index (Phi) is 30.0. The van der Waals surface area contributed by atoms with Gasteiger partial charge in [-0.15, -0.1) is 18.9 Å². The monoisotopic (exact) mass is 1910 g/mol. The molecule has 8 aliphatic rings. The van der Waals surface area contributed by atoms with Gasteiger partial charge in [0.05, 0.1) is 123 Å². The van der Waals surface area contributed by atoms with Crippen molar-refractivity contribution >= 4 is 140 Å². The standard InChI is InChI=1S/C54H61N5O7S2.C54H59N5O7S2/c2*1-7-17-63-19-20-64-18-16-57(34-54(3,4)68(6)67)40-23-36(32-65-49-28-45-43(21-35(49)2)52(60)58-41(30-55-45)25-38-12-8-10-14-47(38)58)22-37(24-40)33-66-51-29-46-44(27-50(51)62-5)53(61)59-42(31-56-46)26-39-13-9-11-15-48(39)59/h8-15,21-24,27-30,41-42,56H,7,16-20,25-26,31-34H2,1-6H3;8-15,21-24,27-31,41-42H,7,16-20,25-26,32-34H2,1-6H3/t2*41-,42-,68?/m00/s1. The molecule has 2 unspecified atom stereocenters. The number of aryl methyl sites for hydroxylation is 2. The molecule has 18 rings (SSSR count). The van der Waals surface area contributed by atoms with Crippen LogP contribution in [-0.4, -0.2) is 188 Å². The van der Waals surface area contributed by atoms with Crippen molar-refractivity contribution in [2.45, 2.75) is 154 Å². The highest BCUT2D eigenvalue weighted by molar-refractivity contribution is 8.29. The average Bonchev–Trinajstić information content (AvgIpc) is 1.62. The molecule has 0 bridgehead atoms.